The van der Waals surface area contributed by atoms with Crippen LogP contribution in [0.3, 0.4) is 0 Å². The fraction of sp³-hybridized carbons (Fsp3) is 0.263. The molecule has 0 fully saturated rings. The van der Waals surface area contributed by atoms with Gasteiger partial charge in [0.25, 0.3) is 5.91 Å². The van der Waals surface area contributed by atoms with Crippen molar-refractivity contribution >= 4 is 32.6 Å². The fourth-order valence-electron chi connectivity index (χ4n) is 2.47. The summed E-state index contributed by atoms with van der Waals surface area (Å²) >= 11 is 1.41. The minimum Gasteiger partial charge on any atom is -0.497 e. The van der Waals surface area contributed by atoms with Crippen LogP contribution in [0.25, 0.3) is 10.2 Å². The van der Waals surface area contributed by atoms with Crippen LogP contribution in [0.4, 0.5) is 5.13 Å². The van der Waals surface area contributed by atoms with Gasteiger partial charge < -0.3 is 9.47 Å². The van der Waals surface area contributed by atoms with Gasteiger partial charge in [-0.3, -0.25) is 10.1 Å². The molecule has 1 heterocycles. The van der Waals surface area contributed by atoms with Crippen LogP contribution in [-0.4, -0.2) is 24.6 Å². The lowest BCUT2D eigenvalue weighted by atomic mass is 10.0. The predicted octanol–water partition coefficient (Wildman–Crippen LogP) is 4.45. The summed E-state index contributed by atoms with van der Waals surface area (Å²) in [4.78, 5) is 16.6. The molecule has 6 heteroatoms. The van der Waals surface area contributed by atoms with Gasteiger partial charge >= 0.3 is 0 Å². The van der Waals surface area contributed by atoms with Gasteiger partial charge in [-0.25, -0.2) is 4.98 Å². The Morgan fingerprint density at radius 1 is 1.24 bits per heavy atom. The second kappa shape index (κ2) is 7.53. The molecule has 0 radical (unpaired) electrons. The average Bonchev–Trinajstić information content (AvgIpc) is 3.01. The van der Waals surface area contributed by atoms with Crippen molar-refractivity contribution in [2.45, 2.75) is 19.8 Å². The topological polar surface area (TPSA) is 60.5 Å². The average molecular weight is 356 g/mol. The normalized spacial score (nSPS) is 10.9. The number of carbonyl (C=O) groups excluding carboxylic acids is 1. The van der Waals surface area contributed by atoms with Gasteiger partial charge in [-0.15, -0.1) is 0 Å². The molecule has 0 aliphatic rings. The zero-order valence-corrected chi connectivity index (χ0v) is 15.2. The van der Waals surface area contributed by atoms with Crippen molar-refractivity contribution in [3.63, 3.8) is 0 Å². The number of hydrogen-bond donors (Lipinski definition) is 1. The lowest BCUT2D eigenvalue weighted by molar-refractivity contribution is -0.118. The maximum Gasteiger partial charge on any atom is 0.264 e. The summed E-state index contributed by atoms with van der Waals surface area (Å²) in [5.41, 5.74) is 1.91. The van der Waals surface area contributed by atoms with Crippen molar-refractivity contribution in [1.29, 1.82) is 0 Å². The summed E-state index contributed by atoms with van der Waals surface area (Å²) in [6, 6.07) is 13.4. The second-order valence-corrected chi connectivity index (χ2v) is 6.91. The van der Waals surface area contributed by atoms with Gasteiger partial charge in [0.05, 0.1) is 17.3 Å². The number of para-hydroxylation sites is 1. The van der Waals surface area contributed by atoms with Gasteiger partial charge in [0.1, 0.15) is 11.5 Å². The maximum absolute atomic E-state index is 12.2. The van der Waals surface area contributed by atoms with E-state index in [2.05, 4.69) is 24.1 Å². The van der Waals surface area contributed by atoms with Crippen LogP contribution >= 0.6 is 11.3 Å². The first kappa shape index (κ1) is 17.2. The molecule has 2 aromatic carbocycles. The van der Waals surface area contributed by atoms with Crippen molar-refractivity contribution in [3.8, 4) is 11.5 Å². The molecule has 5 nitrogen and oxygen atoms in total. The number of methoxy groups -OCH3 is 1. The Labute approximate surface area is 150 Å². The molecule has 1 amide bonds. The highest BCUT2D eigenvalue weighted by Crippen LogP contribution is 2.29. The molecule has 0 unspecified atom stereocenters. The minimum atomic E-state index is -0.232. The predicted molar refractivity (Wildman–Crippen MR) is 101 cm³/mol. The summed E-state index contributed by atoms with van der Waals surface area (Å²) in [6.07, 6.45) is 0. The number of amides is 1. The summed E-state index contributed by atoms with van der Waals surface area (Å²) in [6.45, 7) is 4.14. The Morgan fingerprint density at radius 2 is 2.04 bits per heavy atom. The highest BCUT2D eigenvalue weighted by atomic mass is 32.1. The van der Waals surface area contributed by atoms with Crippen LogP contribution < -0.4 is 14.8 Å². The van der Waals surface area contributed by atoms with Crippen LogP contribution in [0.2, 0.25) is 0 Å². The summed E-state index contributed by atoms with van der Waals surface area (Å²) < 4.78 is 11.8. The first-order chi connectivity index (χ1) is 12.1. The van der Waals surface area contributed by atoms with Crippen molar-refractivity contribution < 1.29 is 14.3 Å². The molecule has 0 atom stereocenters. The number of thiazole rings is 1. The van der Waals surface area contributed by atoms with Crippen molar-refractivity contribution in [3.05, 3.63) is 48.0 Å². The van der Waals surface area contributed by atoms with Gasteiger partial charge in [-0.05, 0) is 35.7 Å². The number of hydrogen-bond acceptors (Lipinski definition) is 5. The molecule has 1 aromatic heterocycles. The Kier molecular flexibility index (Phi) is 5.19. The molecular formula is C19H20N2O3S. The van der Waals surface area contributed by atoms with Crippen LogP contribution in [0.1, 0.15) is 25.3 Å². The first-order valence-corrected chi connectivity index (χ1v) is 8.84. The SMILES string of the molecule is COc1ccc2nc(NC(=O)COc3ccccc3C(C)C)sc2c1. The lowest BCUT2D eigenvalue weighted by Crippen LogP contribution is -2.20. The van der Waals surface area contributed by atoms with Gasteiger partial charge in [0, 0.05) is 0 Å². The van der Waals surface area contributed by atoms with E-state index >= 15 is 0 Å². The van der Waals surface area contributed by atoms with E-state index in [4.69, 9.17) is 9.47 Å². The number of aromatic nitrogens is 1. The third-order valence-corrected chi connectivity index (χ3v) is 4.68. The minimum absolute atomic E-state index is 0.0526. The van der Waals surface area contributed by atoms with Crippen molar-refractivity contribution in [2.75, 3.05) is 19.0 Å². The number of carbonyl (C=O) groups is 1. The Hall–Kier alpha value is -2.60. The highest BCUT2D eigenvalue weighted by Gasteiger charge is 2.11. The number of anilines is 1. The van der Waals surface area contributed by atoms with Gasteiger partial charge in [-0.1, -0.05) is 43.4 Å². The van der Waals surface area contributed by atoms with E-state index in [-0.39, 0.29) is 12.5 Å². The van der Waals surface area contributed by atoms with E-state index in [1.807, 2.05) is 42.5 Å². The molecule has 25 heavy (non-hydrogen) atoms. The summed E-state index contributed by atoms with van der Waals surface area (Å²) in [5, 5.41) is 3.34. The third kappa shape index (κ3) is 4.09. The number of benzene rings is 2. The summed E-state index contributed by atoms with van der Waals surface area (Å²) in [5.74, 6) is 1.60. The maximum atomic E-state index is 12.2. The smallest absolute Gasteiger partial charge is 0.264 e. The third-order valence-electron chi connectivity index (χ3n) is 3.74. The summed E-state index contributed by atoms with van der Waals surface area (Å²) in [7, 11) is 1.62. The van der Waals surface area contributed by atoms with Crippen LogP contribution in [0, 0.1) is 0 Å². The zero-order chi connectivity index (χ0) is 17.8. The number of rotatable bonds is 6. The Morgan fingerprint density at radius 3 is 2.80 bits per heavy atom. The number of ether oxygens (including phenoxy) is 2. The monoisotopic (exact) mass is 356 g/mol. The molecular weight excluding hydrogens is 336 g/mol. The Bertz CT molecular complexity index is 889. The molecule has 0 spiro atoms. The molecule has 0 aliphatic carbocycles. The molecule has 0 bridgehead atoms. The van der Waals surface area contributed by atoms with Gasteiger partial charge in [0.2, 0.25) is 0 Å². The molecule has 0 saturated heterocycles. The largest absolute Gasteiger partial charge is 0.497 e. The van der Waals surface area contributed by atoms with Crippen molar-refractivity contribution in [1.82, 2.24) is 4.98 Å². The van der Waals surface area contributed by atoms with E-state index in [1.165, 1.54) is 11.3 Å². The van der Waals surface area contributed by atoms with Crippen LogP contribution in [-0.2, 0) is 4.79 Å². The van der Waals surface area contributed by atoms with E-state index < -0.39 is 0 Å². The fourth-order valence-corrected chi connectivity index (χ4v) is 3.38. The quantitative estimate of drug-likeness (QED) is 0.709. The highest BCUT2D eigenvalue weighted by molar-refractivity contribution is 7.22. The van der Waals surface area contributed by atoms with Gasteiger partial charge in [0.15, 0.2) is 11.7 Å². The van der Waals surface area contributed by atoms with Gasteiger partial charge in [-0.2, -0.15) is 0 Å². The number of nitrogens with zero attached hydrogens (tertiary/aromatic N) is 1. The molecule has 0 aliphatic heterocycles. The standard InChI is InChI=1S/C19H20N2O3S/c1-12(2)14-6-4-5-7-16(14)24-11-18(22)21-19-20-15-9-8-13(23-3)10-17(15)25-19/h4-10,12H,11H2,1-3H3,(H,20,21,22). The second-order valence-electron chi connectivity index (χ2n) is 5.88. The van der Waals surface area contributed by atoms with Crippen LogP contribution in [0.5, 0.6) is 11.5 Å². The van der Waals surface area contributed by atoms with Crippen molar-refractivity contribution in [2.24, 2.45) is 0 Å². The number of fused-ring (bicyclic) bond motifs is 1. The molecule has 3 rings (SSSR count). The van der Waals surface area contributed by atoms with E-state index in [0.29, 0.717) is 11.0 Å². The molecule has 3 aromatic rings. The molecule has 1 N–H and O–H groups in total. The molecule has 0 saturated carbocycles. The first-order valence-electron chi connectivity index (χ1n) is 8.03. The lowest BCUT2D eigenvalue weighted by Gasteiger charge is -2.13. The van der Waals surface area contributed by atoms with Crippen LogP contribution in [0.15, 0.2) is 42.5 Å². The van der Waals surface area contributed by atoms with E-state index in [9.17, 15) is 4.79 Å². The Balaban J connectivity index is 1.65. The molecule has 130 valence electrons. The zero-order valence-electron chi connectivity index (χ0n) is 14.4. The van der Waals surface area contributed by atoms with E-state index in [0.717, 1.165) is 27.3 Å². The van der Waals surface area contributed by atoms with E-state index in [1.54, 1.807) is 7.11 Å². The number of nitrogens with one attached hydrogen (secondary N) is 1.